The van der Waals surface area contributed by atoms with E-state index >= 15 is 0 Å². The second-order valence-electron chi connectivity index (χ2n) is 5.71. The topological polar surface area (TPSA) is 84.7 Å². The van der Waals surface area contributed by atoms with Gasteiger partial charge < -0.3 is 10.6 Å². The number of halogens is 1. The first-order valence-electron chi connectivity index (χ1n) is 8.16. The second kappa shape index (κ2) is 7.73. The van der Waals surface area contributed by atoms with Crippen LogP contribution >= 0.6 is 0 Å². The molecular weight excluding hydrogens is 335 g/mol. The fourth-order valence-electron chi connectivity index (χ4n) is 2.41. The van der Waals surface area contributed by atoms with E-state index in [-0.39, 0.29) is 5.56 Å². The zero-order valence-corrected chi connectivity index (χ0v) is 14.5. The average molecular weight is 354 g/mol. The molecule has 7 nitrogen and oxygen atoms in total. The molecule has 134 valence electrons. The molecule has 0 radical (unpaired) electrons. The maximum Gasteiger partial charge on any atom is 0.254 e. The van der Waals surface area contributed by atoms with Gasteiger partial charge in [0.05, 0.1) is 11.3 Å². The number of carbonyl (C=O) groups is 1. The van der Waals surface area contributed by atoms with E-state index in [9.17, 15) is 9.18 Å². The highest BCUT2D eigenvalue weighted by Gasteiger charge is 2.10. The van der Waals surface area contributed by atoms with Crippen LogP contribution in [0.4, 0.5) is 10.2 Å². The monoisotopic (exact) mass is 354 g/mol. The predicted molar refractivity (Wildman–Crippen MR) is 95.9 cm³/mol. The molecule has 0 aliphatic rings. The van der Waals surface area contributed by atoms with E-state index in [2.05, 4.69) is 25.6 Å². The number of anilines is 1. The first kappa shape index (κ1) is 17.5. The summed E-state index contributed by atoms with van der Waals surface area (Å²) in [6.07, 6.45) is 3.18. The fraction of sp³-hybridized carbons (Fsp3) is 0.222. The quantitative estimate of drug-likeness (QED) is 0.663. The van der Waals surface area contributed by atoms with Crippen molar-refractivity contribution in [2.75, 3.05) is 18.4 Å². The Morgan fingerprint density at radius 2 is 1.96 bits per heavy atom. The van der Waals surface area contributed by atoms with Crippen LogP contribution < -0.4 is 10.6 Å². The van der Waals surface area contributed by atoms with Gasteiger partial charge in [-0.15, -0.1) is 0 Å². The number of imidazole rings is 1. The Hall–Kier alpha value is -3.29. The molecule has 1 aromatic carbocycles. The van der Waals surface area contributed by atoms with Gasteiger partial charge in [0.2, 0.25) is 0 Å². The third-order valence-electron chi connectivity index (χ3n) is 3.99. The fourth-order valence-corrected chi connectivity index (χ4v) is 2.41. The summed E-state index contributed by atoms with van der Waals surface area (Å²) in [6.45, 7) is 4.68. The molecule has 0 unspecified atom stereocenters. The number of hydrogen-bond donors (Lipinski definition) is 2. The Morgan fingerprint density at radius 1 is 1.15 bits per heavy atom. The van der Waals surface area contributed by atoms with E-state index in [0.29, 0.717) is 24.7 Å². The molecule has 0 fully saturated rings. The van der Waals surface area contributed by atoms with Crippen LogP contribution in [-0.2, 0) is 0 Å². The van der Waals surface area contributed by atoms with Gasteiger partial charge in [-0.05, 0) is 26.0 Å². The minimum atomic E-state index is -0.538. The summed E-state index contributed by atoms with van der Waals surface area (Å²) < 4.78 is 15.4. The first-order chi connectivity index (χ1) is 12.6. The van der Waals surface area contributed by atoms with E-state index in [1.54, 1.807) is 24.5 Å². The molecule has 0 bridgehead atoms. The van der Waals surface area contributed by atoms with Gasteiger partial charge in [-0.1, -0.05) is 12.1 Å². The number of amides is 1. The third kappa shape index (κ3) is 3.85. The van der Waals surface area contributed by atoms with Crippen molar-refractivity contribution in [3.8, 4) is 5.82 Å². The largest absolute Gasteiger partial charge is 0.368 e. The van der Waals surface area contributed by atoms with Crippen LogP contribution in [0.2, 0.25) is 0 Å². The minimum Gasteiger partial charge on any atom is -0.368 e. The lowest BCUT2D eigenvalue weighted by atomic mass is 10.2. The summed E-state index contributed by atoms with van der Waals surface area (Å²) in [5.74, 6) is 0.346. The maximum absolute atomic E-state index is 13.6. The number of aryl methyl sites for hydroxylation is 1. The molecular formula is C18H19FN6O. The molecule has 0 saturated heterocycles. The summed E-state index contributed by atoms with van der Waals surface area (Å²) in [5, 5.41) is 5.78. The zero-order valence-electron chi connectivity index (χ0n) is 14.5. The normalized spacial score (nSPS) is 10.6. The Morgan fingerprint density at radius 3 is 2.69 bits per heavy atom. The van der Waals surface area contributed by atoms with Crippen molar-refractivity contribution in [1.29, 1.82) is 0 Å². The molecule has 2 N–H and O–H groups in total. The summed E-state index contributed by atoms with van der Waals surface area (Å²) in [4.78, 5) is 24.6. The van der Waals surface area contributed by atoms with Gasteiger partial charge in [0.25, 0.3) is 5.91 Å². The van der Waals surface area contributed by atoms with Crippen LogP contribution in [0.3, 0.4) is 0 Å². The van der Waals surface area contributed by atoms with Gasteiger partial charge in [-0.2, -0.15) is 0 Å². The van der Waals surface area contributed by atoms with Gasteiger partial charge in [0.1, 0.15) is 30.1 Å². The molecule has 2 aromatic heterocycles. The minimum absolute atomic E-state index is 0.0303. The Kier molecular flexibility index (Phi) is 5.21. The van der Waals surface area contributed by atoms with Gasteiger partial charge >= 0.3 is 0 Å². The van der Waals surface area contributed by atoms with E-state index in [1.807, 2.05) is 18.4 Å². The maximum atomic E-state index is 13.6. The number of aromatic nitrogens is 4. The Labute approximate surface area is 150 Å². The smallest absolute Gasteiger partial charge is 0.254 e. The summed E-state index contributed by atoms with van der Waals surface area (Å²) >= 11 is 0. The van der Waals surface area contributed by atoms with Crippen molar-refractivity contribution >= 4 is 11.7 Å². The third-order valence-corrected chi connectivity index (χ3v) is 3.99. The van der Waals surface area contributed by atoms with Crippen LogP contribution in [0.15, 0.2) is 43.0 Å². The van der Waals surface area contributed by atoms with Crippen LogP contribution in [0.5, 0.6) is 0 Å². The van der Waals surface area contributed by atoms with E-state index in [4.69, 9.17) is 0 Å². The van der Waals surface area contributed by atoms with E-state index in [1.165, 1.54) is 18.5 Å². The zero-order chi connectivity index (χ0) is 18.5. The number of nitrogens with zero attached hydrogens (tertiary/aromatic N) is 4. The lowest BCUT2D eigenvalue weighted by Gasteiger charge is -2.09. The van der Waals surface area contributed by atoms with Crippen LogP contribution in [0.25, 0.3) is 5.82 Å². The summed E-state index contributed by atoms with van der Waals surface area (Å²) in [7, 11) is 0. The standard InChI is InChI=1S/C18H19FN6O/c1-12-13(2)25(11-24-12)17-9-16(22-10-23-17)20-7-8-21-18(26)14-5-3-4-6-15(14)19/h3-6,9-11H,7-8H2,1-2H3,(H,21,26)(H,20,22,23). The molecule has 0 saturated carbocycles. The van der Waals surface area contributed by atoms with Gasteiger partial charge in [-0.25, -0.2) is 19.3 Å². The van der Waals surface area contributed by atoms with Gasteiger partial charge in [0.15, 0.2) is 0 Å². The van der Waals surface area contributed by atoms with Crippen LogP contribution in [-0.4, -0.2) is 38.5 Å². The van der Waals surface area contributed by atoms with Gasteiger partial charge in [0, 0.05) is 24.8 Å². The van der Waals surface area contributed by atoms with Crippen molar-refractivity contribution < 1.29 is 9.18 Å². The number of carbonyl (C=O) groups excluding carboxylic acids is 1. The van der Waals surface area contributed by atoms with Crippen molar-refractivity contribution in [3.05, 3.63) is 65.8 Å². The molecule has 0 aliphatic heterocycles. The first-order valence-corrected chi connectivity index (χ1v) is 8.16. The summed E-state index contributed by atoms with van der Waals surface area (Å²) in [6, 6.07) is 7.68. The van der Waals surface area contributed by atoms with Crippen LogP contribution in [0.1, 0.15) is 21.7 Å². The van der Waals surface area contributed by atoms with Crippen molar-refractivity contribution in [2.24, 2.45) is 0 Å². The van der Waals surface area contributed by atoms with Gasteiger partial charge in [-0.3, -0.25) is 9.36 Å². The second-order valence-corrected chi connectivity index (χ2v) is 5.71. The summed E-state index contributed by atoms with van der Waals surface area (Å²) in [5.41, 5.74) is 1.98. The lowest BCUT2D eigenvalue weighted by molar-refractivity contribution is 0.0951. The molecule has 0 aliphatic carbocycles. The molecule has 3 aromatic rings. The number of hydrogen-bond acceptors (Lipinski definition) is 5. The molecule has 1 amide bonds. The molecule has 26 heavy (non-hydrogen) atoms. The lowest BCUT2D eigenvalue weighted by Crippen LogP contribution is -2.29. The Balaban J connectivity index is 1.56. The van der Waals surface area contributed by atoms with Crippen molar-refractivity contribution in [3.63, 3.8) is 0 Å². The molecule has 2 heterocycles. The SMILES string of the molecule is Cc1ncn(-c2cc(NCCNC(=O)c3ccccc3F)ncn2)c1C. The highest BCUT2D eigenvalue weighted by molar-refractivity contribution is 5.94. The Bertz CT molecular complexity index is 924. The predicted octanol–water partition coefficient (Wildman–Crippen LogP) is 2.26. The molecule has 8 heteroatoms. The number of nitrogens with one attached hydrogen (secondary N) is 2. The van der Waals surface area contributed by atoms with E-state index in [0.717, 1.165) is 11.4 Å². The number of benzene rings is 1. The molecule has 3 rings (SSSR count). The van der Waals surface area contributed by atoms with Crippen molar-refractivity contribution in [1.82, 2.24) is 24.8 Å². The average Bonchev–Trinajstić information content (AvgIpc) is 2.98. The van der Waals surface area contributed by atoms with Crippen molar-refractivity contribution in [2.45, 2.75) is 13.8 Å². The molecule has 0 atom stereocenters. The molecule has 0 spiro atoms. The van der Waals surface area contributed by atoms with E-state index < -0.39 is 11.7 Å². The number of rotatable bonds is 6. The highest BCUT2D eigenvalue weighted by atomic mass is 19.1. The van der Waals surface area contributed by atoms with Crippen LogP contribution in [0, 0.1) is 19.7 Å². The highest BCUT2D eigenvalue weighted by Crippen LogP contribution is 2.13.